The molecule has 0 fully saturated rings. The highest BCUT2D eigenvalue weighted by molar-refractivity contribution is 6.35. The molecule has 1 aliphatic carbocycles. The predicted octanol–water partition coefficient (Wildman–Crippen LogP) is 3.74. The SMILES string of the molecule is O=C(O)[C@H]1CC=CC[C@H]1C(=O)Nc1cc(Cl)c(F)c(Cl)c1. The van der Waals surface area contributed by atoms with Gasteiger partial charge in [-0.1, -0.05) is 35.4 Å². The van der Waals surface area contributed by atoms with Crippen LogP contribution in [0.3, 0.4) is 0 Å². The van der Waals surface area contributed by atoms with Crippen LogP contribution in [0.4, 0.5) is 10.1 Å². The summed E-state index contributed by atoms with van der Waals surface area (Å²) >= 11 is 11.3. The minimum Gasteiger partial charge on any atom is -0.481 e. The van der Waals surface area contributed by atoms with Gasteiger partial charge in [0.05, 0.1) is 21.9 Å². The lowest BCUT2D eigenvalue weighted by Gasteiger charge is -2.24. The molecule has 0 bridgehead atoms. The maximum absolute atomic E-state index is 13.3. The molecule has 0 aliphatic heterocycles. The number of anilines is 1. The maximum Gasteiger partial charge on any atom is 0.307 e. The quantitative estimate of drug-likeness (QED) is 0.655. The van der Waals surface area contributed by atoms with Crippen molar-refractivity contribution < 1.29 is 19.1 Å². The van der Waals surface area contributed by atoms with Crippen molar-refractivity contribution in [1.82, 2.24) is 0 Å². The molecular weight excluding hydrogens is 320 g/mol. The van der Waals surface area contributed by atoms with Crippen LogP contribution in [0.15, 0.2) is 24.3 Å². The van der Waals surface area contributed by atoms with E-state index >= 15 is 0 Å². The third-order valence-corrected chi connectivity index (χ3v) is 3.89. The summed E-state index contributed by atoms with van der Waals surface area (Å²) in [7, 11) is 0. The molecule has 2 rings (SSSR count). The Bertz CT molecular complexity index is 595. The molecule has 0 spiro atoms. The fourth-order valence-electron chi connectivity index (χ4n) is 2.24. The largest absolute Gasteiger partial charge is 0.481 e. The number of benzene rings is 1. The van der Waals surface area contributed by atoms with E-state index in [0.717, 1.165) is 0 Å². The van der Waals surface area contributed by atoms with Gasteiger partial charge in [-0.3, -0.25) is 9.59 Å². The number of amides is 1. The minimum absolute atomic E-state index is 0.212. The Morgan fingerprint density at radius 1 is 1.14 bits per heavy atom. The van der Waals surface area contributed by atoms with Crippen molar-refractivity contribution in [2.75, 3.05) is 5.32 Å². The van der Waals surface area contributed by atoms with Gasteiger partial charge in [-0.2, -0.15) is 0 Å². The molecule has 1 aromatic carbocycles. The Morgan fingerprint density at radius 3 is 2.19 bits per heavy atom. The lowest BCUT2D eigenvalue weighted by Crippen LogP contribution is -2.34. The molecule has 21 heavy (non-hydrogen) atoms. The van der Waals surface area contributed by atoms with E-state index in [1.165, 1.54) is 12.1 Å². The van der Waals surface area contributed by atoms with Gasteiger partial charge in [-0.05, 0) is 25.0 Å². The average molecular weight is 332 g/mol. The number of carboxylic acid groups (broad SMARTS) is 1. The molecule has 0 radical (unpaired) electrons. The van der Waals surface area contributed by atoms with Crippen molar-refractivity contribution in [3.05, 3.63) is 40.1 Å². The number of aliphatic carboxylic acids is 1. The molecule has 0 saturated heterocycles. The molecule has 2 N–H and O–H groups in total. The standard InChI is InChI=1S/C14H12Cl2FNO3/c15-10-5-7(6-11(16)12(10)17)18-13(19)8-3-1-2-4-9(8)14(20)21/h1-2,5-6,8-9H,3-4H2,(H,18,19)(H,20,21)/t8-,9+/m1/s1. The van der Waals surface area contributed by atoms with Gasteiger partial charge in [0.15, 0.2) is 5.82 Å². The topological polar surface area (TPSA) is 66.4 Å². The first kappa shape index (κ1) is 15.8. The summed E-state index contributed by atoms with van der Waals surface area (Å²) in [6.45, 7) is 0. The van der Waals surface area contributed by atoms with Crippen molar-refractivity contribution in [2.24, 2.45) is 11.8 Å². The van der Waals surface area contributed by atoms with Crippen molar-refractivity contribution in [3.63, 3.8) is 0 Å². The molecule has 1 aromatic rings. The van der Waals surface area contributed by atoms with E-state index in [-0.39, 0.29) is 15.7 Å². The molecule has 0 saturated carbocycles. The number of carboxylic acids is 1. The Labute approximate surface area is 130 Å². The zero-order valence-corrected chi connectivity index (χ0v) is 12.3. The van der Waals surface area contributed by atoms with Gasteiger partial charge in [0.25, 0.3) is 0 Å². The van der Waals surface area contributed by atoms with E-state index in [1.54, 1.807) is 12.2 Å². The normalized spacial score (nSPS) is 21.1. The number of hydrogen-bond acceptors (Lipinski definition) is 2. The molecule has 0 unspecified atom stereocenters. The fourth-order valence-corrected chi connectivity index (χ4v) is 2.73. The smallest absolute Gasteiger partial charge is 0.307 e. The van der Waals surface area contributed by atoms with E-state index in [0.29, 0.717) is 12.8 Å². The molecule has 2 atom stereocenters. The molecule has 0 heterocycles. The Morgan fingerprint density at radius 2 is 1.67 bits per heavy atom. The van der Waals surface area contributed by atoms with Gasteiger partial charge in [-0.25, -0.2) is 4.39 Å². The third-order valence-electron chi connectivity index (χ3n) is 3.34. The van der Waals surface area contributed by atoms with Crippen molar-refractivity contribution in [2.45, 2.75) is 12.8 Å². The predicted molar refractivity (Wildman–Crippen MR) is 78.0 cm³/mol. The van der Waals surface area contributed by atoms with Crippen molar-refractivity contribution in [3.8, 4) is 0 Å². The van der Waals surface area contributed by atoms with Gasteiger partial charge in [-0.15, -0.1) is 0 Å². The molecule has 112 valence electrons. The Kier molecular flexibility index (Phi) is 4.85. The van der Waals surface area contributed by atoms with Gasteiger partial charge in [0.1, 0.15) is 0 Å². The van der Waals surface area contributed by atoms with E-state index in [2.05, 4.69) is 5.32 Å². The second-order valence-corrected chi connectivity index (χ2v) is 5.55. The monoisotopic (exact) mass is 331 g/mol. The van der Waals surface area contributed by atoms with Gasteiger partial charge in [0, 0.05) is 5.69 Å². The number of carbonyl (C=O) groups excluding carboxylic acids is 1. The lowest BCUT2D eigenvalue weighted by atomic mass is 9.82. The summed E-state index contributed by atoms with van der Waals surface area (Å²) in [6, 6.07) is 2.46. The zero-order valence-electron chi connectivity index (χ0n) is 10.8. The summed E-state index contributed by atoms with van der Waals surface area (Å²) in [5, 5.41) is 11.3. The molecule has 0 aromatic heterocycles. The van der Waals surface area contributed by atoms with Crippen LogP contribution in [0.1, 0.15) is 12.8 Å². The van der Waals surface area contributed by atoms with E-state index in [4.69, 9.17) is 28.3 Å². The van der Waals surface area contributed by atoms with Crippen LogP contribution in [0.2, 0.25) is 10.0 Å². The maximum atomic E-state index is 13.3. The minimum atomic E-state index is -1.02. The van der Waals surface area contributed by atoms with E-state index < -0.39 is 29.5 Å². The summed E-state index contributed by atoms with van der Waals surface area (Å²) < 4.78 is 13.3. The summed E-state index contributed by atoms with van der Waals surface area (Å²) in [5.74, 6) is -3.70. The van der Waals surface area contributed by atoms with Crippen LogP contribution in [0.25, 0.3) is 0 Å². The number of nitrogens with one attached hydrogen (secondary N) is 1. The molecule has 4 nitrogen and oxygen atoms in total. The number of carbonyl (C=O) groups is 2. The van der Waals surface area contributed by atoms with E-state index in [9.17, 15) is 14.0 Å². The van der Waals surface area contributed by atoms with Crippen LogP contribution in [-0.4, -0.2) is 17.0 Å². The molecular formula is C14H12Cl2FNO3. The molecule has 7 heteroatoms. The first-order valence-electron chi connectivity index (χ1n) is 6.23. The average Bonchev–Trinajstić information content (AvgIpc) is 2.44. The number of rotatable bonds is 3. The zero-order chi connectivity index (χ0) is 15.6. The Hall–Kier alpha value is -1.59. The second kappa shape index (κ2) is 6.45. The van der Waals surface area contributed by atoms with Crippen LogP contribution in [0.5, 0.6) is 0 Å². The summed E-state index contributed by atoms with van der Waals surface area (Å²) in [5.41, 5.74) is 0.232. The number of halogens is 3. The number of hydrogen-bond donors (Lipinski definition) is 2. The fraction of sp³-hybridized carbons (Fsp3) is 0.286. The van der Waals surface area contributed by atoms with Gasteiger partial charge >= 0.3 is 5.97 Å². The molecule has 1 amide bonds. The first-order valence-corrected chi connectivity index (χ1v) is 6.99. The van der Waals surface area contributed by atoms with Gasteiger partial charge < -0.3 is 10.4 Å². The van der Waals surface area contributed by atoms with Crippen LogP contribution >= 0.6 is 23.2 Å². The van der Waals surface area contributed by atoms with Crippen LogP contribution < -0.4 is 5.32 Å². The lowest BCUT2D eigenvalue weighted by molar-refractivity contribution is -0.146. The van der Waals surface area contributed by atoms with Crippen molar-refractivity contribution >= 4 is 40.8 Å². The van der Waals surface area contributed by atoms with Crippen molar-refractivity contribution in [1.29, 1.82) is 0 Å². The summed E-state index contributed by atoms with van der Waals surface area (Å²) in [4.78, 5) is 23.4. The third kappa shape index (κ3) is 3.54. The van der Waals surface area contributed by atoms with E-state index in [1.807, 2.05) is 0 Å². The van der Waals surface area contributed by atoms with Crippen LogP contribution in [-0.2, 0) is 9.59 Å². The highest BCUT2D eigenvalue weighted by atomic mass is 35.5. The number of allylic oxidation sites excluding steroid dienone is 2. The Balaban J connectivity index is 2.17. The molecule has 1 aliphatic rings. The van der Waals surface area contributed by atoms with Gasteiger partial charge in [0.2, 0.25) is 5.91 Å². The first-order chi connectivity index (χ1) is 9.90. The highest BCUT2D eigenvalue weighted by Crippen LogP contribution is 2.30. The van der Waals surface area contributed by atoms with Crippen LogP contribution in [0, 0.1) is 17.7 Å². The summed E-state index contributed by atoms with van der Waals surface area (Å²) in [6.07, 6.45) is 4.16. The highest BCUT2D eigenvalue weighted by Gasteiger charge is 2.34. The second-order valence-electron chi connectivity index (χ2n) is 4.74.